The van der Waals surface area contributed by atoms with Crippen molar-refractivity contribution < 1.29 is 28.1 Å². The molecule has 0 spiro atoms. The first-order chi connectivity index (χ1) is 17.2. The number of alkyl halides is 1. The minimum atomic E-state index is -1.30. The van der Waals surface area contributed by atoms with Crippen LogP contribution in [0.5, 0.6) is 0 Å². The number of aryl methyl sites for hydroxylation is 1. The van der Waals surface area contributed by atoms with Gasteiger partial charge in [-0.3, -0.25) is 4.68 Å². The number of ether oxygens (including phenoxy) is 1. The molecule has 8 nitrogen and oxygen atoms in total. The predicted octanol–water partition coefficient (Wildman–Crippen LogP) is 3.81. The van der Waals surface area contributed by atoms with Gasteiger partial charge in [0.25, 0.3) is 0 Å². The van der Waals surface area contributed by atoms with Gasteiger partial charge < -0.3 is 26.0 Å². The van der Waals surface area contributed by atoms with Crippen molar-refractivity contribution in [1.82, 2.24) is 14.8 Å². The maximum atomic E-state index is 14.9. The number of aliphatic hydroxyl groups excluding tert-OH is 1. The summed E-state index contributed by atoms with van der Waals surface area (Å²) in [6.07, 6.45) is 1.12. The van der Waals surface area contributed by atoms with E-state index in [2.05, 4.69) is 15.4 Å². The fourth-order valence-corrected chi connectivity index (χ4v) is 5.57. The maximum Gasteiger partial charge on any atom is 0.169 e. The molecule has 3 heterocycles. The number of rotatable bonds is 6. The molecule has 4 atom stereocenters. The van der Waals surface area contributed by atoms with Gasteiger partial charge in [0.2, 0.25) is 0 Å². The number of nitrogens with two attached hydrogens (primary N) is 1. The molecule has 0 radical (unpaired) electrons. The first-order valence-electron chi connectivity index (χ1n) is 11.8. The number of nitrogens with zero attached hydrogens (tertiary/aromatic N) is 3. The van der Waals surface area contributed by atoms with E-state index in [1.807, 2.05) is 0 Å². The Morgan fingerprint density at radius 1 is 1.28 bits per heavy atom. The van der Waals surface area contributed by atoms with Gasteiger partial charge in [-0.05, 0) is 49.8 Å². The Labute approximate surface area is 209 Å². The zero-order valence-electron chi connectivity index (χ0n) is 19.6. The van der Waals surface area contributed by atoms with Crippen molar-refractivity contribution in [2.45, 2.75) is 62.3 Å². The topological polar surface area (TPSA) is 118 Å². The first kappa shape index (κ1) is 25.2. The number of nitrogens with one attached hydrogen (secondary N) is 1. The van der Waals surface area contributed by atoms with Gasteiger partial charge in [0, 0.05) is 18.5 Å². The van der Waals surface area contributed by atoms with Crippen LogP contribution in [0.4, 0.5) is 18.9 Å². The SMILES string of the molecule is Cn1ncc(NC(O)c2csc(-c3c(F)cc(C4(O)CCC4)cc3F)n2)c1[C@@H]1CC[C@@H](N)[C@H](F)CO1. The Morgan fingerprint density at radius 3 is 2.67 bits per heavy atom. The first-order valence-corrected chi connectivity index (χ1v) is 12.7. The highest BCUT2D eigenvalue weighted by atomic mass is 32.1. The van der Waals surface area contributed by atoms with Gasteiger partial charge in [-0.2, -0.15) is 5.10 Å². The van der Waals surface area contributed by atoms with Crippen LogP contribution in [0.1, 0.15) is 61.4 Å². The zero-order chi connectivity index (χ0) is 25.6. The van der Waals surface area contributed by atoms with Gasteiger partial charge in [-0.1, -0.05) is 0 Å². The minimum Gasteiger partial charge on any atom is -0.385 e. The van der Waals surface area contributed by atoms with E-state index in [9.17, 15) is 23.4 Å². The van der Waals surface area contributed by atoms with E-state index in [0.29, 0.717) is 37.1 Å². The molecule has 1 saturated heterocycles. The lowest BCUT2D eigenvalue weighted by Crippen LogP contribution is -2.33. The fraction of sp³-hybridized carbons (Fsp3) is 0.500. The molecule has 2 aromatic heterocycles. The second-order valence-corrected chi connectivity index (χ2v) is 10.3. The third-order valence-corrected chi connectivity index (χ3v) is 7.92. The molecule has 36 heavy (non-hydrogen) atoms. The van der Waals surface area contributed by atoms with Crippen molar-refractivity contribution in [1.29, 1.82) is 0 Å². The number of halogens is 3. The van der Waals surface area contributed by atoms with E-state index in [1.54, 1.807) is 11.7 Å². The van der Waals surface area contributed by atoms with Crippen LogP contribution in [0.25, 0.3) is 10.6 Å². The summed E-state index contributed by atoms with van der Waals surface area (Å²) < 4.78 is 51.0. The van der Waals surface area contributed by atoms with Crippen molar-refractivity contribution in [2.75, 3.05) is 11.9 Å². The molecular weight excluding hydrogens is 495 g/mol. The second-order valence-electron chi connectivity index (χ2n) is 9.47. The van der Waals surface area contributed by atoms with Crippen molar-refractivity contribution in [3.63, 3.8) is 0 Å². The van der Waals surface area contributed by atoms with Crippen LogP contribution >= 0.6 is 11.3 Å². The lowest BCUT2D eigenvalue weighted by atomic mass is 9.75. The molecule has 2 fully saturated rings. The summed E-state index contributed by atoms with van der Waals surface area (Å²) in [7, 11) is 1.71. The van der Waals surface area contributed by atoms with Gasteiger partial charge in [0.05, 0.1) is 35.3 Å². The maximum absolute atomic E-state index is 14.9. The molecule has 12 heteroatoms. The van der Waals surface area contributed by atoms with Crippen LogP contribution in [-0.4, -0.2) is 43.8 Å². The normalized spacial score (nSPS) is 24.7. The number of aliphatic hydroxyl groups is 2. The quantitative estimate of drug-likeness (QED) is 0.363. The van der Waals surface area contributed by atoms with Crippen molar-refractivity contribution >= 4 is 17.0 Å². The van der Waals surface area contributed by atoms with Crippen molar-refractivity contribution in [3.8, 4) is 10.6 Å². The molecule has 5 rings (SSSR count). The monoisotopic (exact) mass is 523 g/mol. The molecule has 3 aromatic rings. The summed E-state index contributed by atoms with van der Waals surface area (Å²) in [6.45, 7) is -0.137. The molecule has 0 amide bonds. The second kappa shape index (κ2) is 9.75. The van der Waals surface area contributed by atoms with Gasteiger partial charge in [-0.15, -0.1) is 11.3 Å². The van der Waals surface area contributed by atoms with Crippen LogP contribution in [0, 0.1) is 11.6 Å². The number of aromatic nitrogens is 3. The lowest BCUT2D eigenvalue weighted by Gasteiger charge is -2.37. The van der Waals surface area contributed by atoms with E-state index in [0.717, 1.165) is 29.9 Å². The Hall–Kier alpha value is -2.51. The molecule has 1 aromatic carbocycles. The Kier molecular flexibility index (Phi) is 6.81. The number of benzene rings is 1. The number of hydrogen-bond donors (Lipinski definition) is 4. The standard InChI is InChI=1S/C24H28F3N5O3S/c1-32-21(19-4-3-16(28)15(27)10-35-19)17(9-29-32)30-22(33)18-11-36-23(31-18)20-13(25)7-12(8-14(20)26)24(34)5-2-6-24/h7-9,11,15-16,19,22,30,33-34H,2-6,10,28H2,1H3/t15-,16-,19+,22?/m1/s1. The summed E-state index contributed by atoms with van der Waals surface area (Å²) in [4.78, 5) is 4.25. The molecule has 1 aliphatic carbocycles. The van der Waals surface area contributed by atoms with Crippen molar-refractivity contribution in [2.24, 2.45) is 12.8 Å². The Morgan fingerprint density at radius 2 is 2.00 bits per heavy atom. The molecule has 2 aliphatic rings. The van der Waals surface area contributed by atoms with Gasteiger partial charge in [0.1, 0.15) is 34.6 Å². The predicted molar refractivity (Wildman–Crippen MR) is 128 cm³/mol. The minimum absolute atomic E-state index is 0.0643. The molecule has 1 saturated carbocycles. The van der Waals surface area contributed by atoms with Crippen LogP contribution in [0.3, 0.4) is 0 Å². The smallest absolute Gasteiger partial charge is 0.169 e. The highest BCUT2D eigenvalue weighted by Crippen LogP contribution is 2.43. The third kappa shape index (κ3) is 4.63. The molecule has 0 bridgehead atoms. The Balaban J connectivity index is 1.35. The van der Waals surface area contributed by atoms with Crippen LogP contribution in [-0.2, 0) is 17.4 Å². The highest BCUT2D eigenvalue weighted by molar-refractivity contribution is 7.13. The largest absolute Gasteiger partial charge is 0.385 e. The van der Waals surface area contributed by atoms with Crippen molar-refractivity contribution in [3.05, 3.63) is 52.3 Å². The number of hydrogen-bond acceptors (Lipinski definition) is 8. The van der Waals surface area contributed by atoms with Crippen LogP contribution < -0.4 is 11.1 Å². The molecule has 194 valence electrons. The Bertz CT molecular complexity index is 1210. The summed E-state index contributed by atoms with van der Waals surface area (Å²) in [5.41, 5.74) is 5.80. The van der Waals surface area contributed by atoms with Gasteiger partial charge in [-0.25, -0.2) is 18.2 Å². The lowest BCUT2D eigenvalue weighted by molar-refractivity contribution is -0.0392. The van der Waals surface area contributed by atoms with Gasteiger partial charge >= 0.3 is 0 Å². The van der Waals surface area contributed by atoms with Gasteiger partial charge in [0.15, 0.2) is 6.23 Å². The average molecular weight is 524 g/mol. The molecule has 5 N–H and O–H groups in total. The van der Waals surface area contributed by atoms with E-state index in [4.69, 9.17) is 10.5 Å². The average Bonchev–Trinajstić information content (AvgIpc) is 3.40. The summed E-state index contributed by atoms with van der Waals surface area (Å²) >= 11 is 0.989. The van der Waals surface area contributed by atoms with Crippen LogP contribution in [0.15, 0.2) is 23.7 Å². The van der Waals surface area contributed by atoms with E-state index in [1.165, 1.54) is 11.6 Å². The molecular formula is C24H28F3N5O3S. The summed E-state index contributed by atoms with van der Waals surface area (Å²) in [6, 6.07) is 1.69. The highest BCUT2D eigenvalue weighted by Gasteiger charge is 2.37. The summed E-state index contributed by atoms with van der Waals surface area (Å²) in [5.74, 6) is -1.64. The number of thiazole rings is 1. The third-order valence-electron chi connectivity index (χ3n) is 7.04. The van der Waals surface area contributed by atoms with E-state index in [-0.39, 0.29) is 28.4 Å². The molecule has 1 unspecified atom stereocenters. The fourth-order valence-electron chi connectivity index (χ4n) is 4.69. The van der Waals surface area contributed by atoms with E-state index < -0.39 is 41.8 Å². The molecule has 1 aliphatic heterocycles. The number of anilines is 1. The summed E-state index contributed by atoms with van der Waals surface area (Å²) in [5, 5.41) is 29.9. The van der Waals surface area contributed by atoms with Crippen LogP contribution in [0.2, 0.25) is 0 Å². The zero-order valence-corrected chi connectivity index (χ0v) is 20.4. The van der Waals surface area contributed by atoms with E-state index >= 15 is 0 Å².